The van der Waals surface area contributed by atoms with Gasteiger partial charge >= 0.3 is 0 Å². The summed E-state index contributed by atoms with van der Waals surface area (Å²) in [7, 11) is 0. The second kappa shape index (κ2) is 6.93. The van der Waals surface area contributed by atoms with Crippen LogP contribution in [0.2, 0.25) is 5.15 Å². The van der Waals surface area contributed by atoms with Gasteiger partial charge in [-0.1, -0.05) is 43.7 Å². The molecule has 0 bridgehead atoms. The zero-order valence-electron chi connectivity index (χ0n) is 13.9. The van der Waals surface area contributed by atoms with Crippen molar-refractivity contribution in [3.8, 4) is 6.19 Å². The minimum atomic E-state index is -0.0686. The van der Waals surface area contributed by atoms with Crippen LogP contribution in [0.25, 0.3) is 0 Å². The zero-order valence-corrected chi connectivity index (χ0v) is 15.5. The summed E-state index contributed by atoms with van der Waals surface area (Å²) in [6, 6.07) is 0.0303. The van der Waals surface area contributed by atoms with Gasteiger partial charge in [-0.05, 0) is 12.3 Å². The number of rotatable bonds is 3. The van der Waals surface area contributed by atoms with E-state index in [1.807, 2.05) is 6.92 Å². The number of aromatic nitrogens is 1. The lowest BCUT2D eigenvalue weighted by Gasteiger charge is -2.37. The number of anilines is 1. The van der Waals surface area contributed by atoms with E-state index in [-0.39, 0.29) is 23.9 Å². The monoisotopic (exact) mass is 355 g/mol. The molecule has 1 N–H and O–H groups in total. The van der Waals surface area contributed by atoms with Crippen molar-refractivity contribution in [2.24, 2.45) is 0 Å². The summed E-state index contributed by atoms with van der Waals surface area (Å²) >= 11 is 7.66. The van der Waals surface area contributed by atoms with Crippen LogP contribution in [0.1, 0.15) is 32.6 Å². The Morgan fingerprint density at radius 1 is 1.52 bits per heavy atom. The Morgan fingerprint density at radius 2 is 2.22 bits per heavy atom. The Morgan fingerprint density at radius 3 is 2.74 bits per heavy atom. The third kappa shape index (κ3) is 4.27. The second-order valence-corrected chi connectivity index (χ2v) is 8.08. The normalized spacial score (nSPS) is 18.7. The van der Waals surface area contributed by atoms with Gasteiger partial charge in [0.1, 0.15) is 5.15 Å². The van der Waals surface area contributed by atoms with Gasteiger partial charge in [0.2, 0.25) is 5.91 Å². The first kappa shape index (κ1) is 17.8. The average molecular weight is 356 g/mol. The molecule has 126 valence electrons. The molecule has 0 saturated carbocycles. The van der Waals surface area contributed by atoms with Crippen LogP contribution < -0.4 is 5.32 Å². The van der Waals surface area contributed by atoms with Crippen LogP contribution >= 0.6 is 22.9 Å². The fourth-order valence-corrected chi connectivity index (χ4v) is 3.96. The summed E-state index contributed by atoms with van der Waals surface area (Å²) in [5.41, 5.74) is -0.0686. The van der Waals surface area contributed by atoms with E-state index in [1.54, 1.807) is 9.80 Å². The average Bonchev–Trinajstić information content (AvgIpc) is 2.85. The van der Waals surface area contributed by atoms with Gasteiger partial charge in [-0.25, -0.2) is 4.98 Å². The van der Waals surface area contributed by atoms with Crippen LogP contribution in [0.15, 0.2) is 0 Å². The van der Waals surface area contributed by atoms with E-state index in [0.717, 1.165) is 4.88 Å². The molecule has 23 heavy (non-hydrogen) atoms. The molecule has 1 aliphatic rings. The molecular formula is C15H22ClN5OS. The van der Waals surface area contributed by atoms with Crippen LogP contribution in [0, 0.1) is 11.5 Å². The Hall–Kier alpha value is -1.52. The van der Waals surface area contributed by atoms with Crippen LogP contribution in [-0.4, -0.2) is 52.9 Å². The molecule has 0 unspecified atom stereocenters. The maximum absolute atomic E-state index is 12.4. The predicted molar refractivity (Wildman–Crippen MR) is 92.7 cm³/mol. The molecule has 0 radical (unpaired) electrons. The molecule has 2 heterocycles. The number of hydrogen-bond donors (Lipinski definition) is 1. The lowest BCUT2D eigenvalue weighted by atomic mass is 9.95. The minimum absolute atomic E-state index is 0.0127. The van der Waals surface area contributed by atoms with E-state index in [9.17, 15) is 4.79 Å². The van der Waals surface area contributed by atoms with Gasteiger partial charge in [-0.15, -0.1) is 0 Å². The van der Waals surface area contributed by atoms with Crippen molar-refractivity contribution in [3.05, 3.63) is 10.0 Å². The summed E-state index contributed by atoms with van der Waals surface area (Å²) in [4.78, 5) is 21.2. The first-order valence-corrected chi connectivity index (χ1v) is 8.76. The molecule has 0 aliphatic carbocycles. The highest BCUT2D eigenvalue weighted by atomic mass is 35.5. The van der Waals surface area contributed by atoms with E-state index in [1.165, 1.54) is 11.3 Å². The molecule has 0 spiro atoms. The van der Waals surface area contributed by atoms with E-state index in [4.69, 9.17) is 16.9 Å². The van der Waals surface area contributed by atoms with Crippen LogP contribution in [0.5, 0.6) is 0 Å². The summed E-state index contributed by atoms with van der Waals surface area (Å²) in [6.45, 7) is 10.1. The van der Waals surface area contributed by atoms with E-state index in [0.29, 0.717) is 29.9 Å². The molecule has 1 aliphatic heterocycles. The summed E-state index contributed by atoms with van der Waals surface area (Å²) in [5, 5.41) is 13.2. The molecule has 0 aromatic carbocycles. The molecule has 6 nitrogen and oxygen atoms in total. The highest BCUT2D eigenvalue weighted by molar-refractivity contribution is 7.16. The first-order valence-electron chi connectivity index (χ1n) is 7.57. The van der Waals surface area contributed by atoms with Crippen molar-refractivity contribution in [2.75, 3.05) is 31.5 Å². The summed E-state index contributed by atoms with van der Waals surface area (Å²) in [5.74, 6) is 0.0127. The Kier molecular flexibility index (Phi) is 5.37. The van der Waals surface area contributed by atoms with Crippen LogP contribution in [0.3, 0.4) is 0 Å². The number of thiazole rings is 1. The molecule has 2 rings (SSSR count). The van der Waals surface area contributed by atoms with E-state index < -0.39 is 0 Å². The molecule has 1 aromatic rings. The summed E-state index contributed by atoms with van der Waals surface area (Å²) in [6.07, 6.45) is 2.13. The van der Waals surface area contributed by atoms with Gasteiger partial charge in [-0.2, -0.15) is 5.26 Å². The minimum Gasteiger partial charge on any atom is -0.352 e. The maximum Gasteiger partial charge on any atom is 0.242 e. The number of nitrogens with zero attached hydrogens (tertiary/aromatic N) is 4. The number of nitrogens with one attached hydrogen (secondary N) is 1. The maximum atomic E-state index is 12.4. The number of piperazine rings is 1. The van der Waals surface area contributed by atoms with Gasteiger partial charge in [0.15, 0.2) is 11.3 Å². The standard InChI is InChI=1S/C15H22ClN5OS/c1-10-8-20(9-17)5-6-21(10)11(22)7-18-14-19-13(16)12(23-14)15(2,3)4/h10H,5-8H2,1-4H3,(H,18,19)/t10-/m1/s1. The number of hydrogen-bond acceptors (Lipinski definition) is 6. The summed E-state index contributed by atoms with van der Waals surface area (Å²) < 4.78 is 0. The fourth-order valence-electron chi connectivity index (χ4n) is 2.51. The lowest BCUT2D eigenvalue weighted by molar-refractivity contribution is -0.133. The van der Waals surface area contributed by atoms with E-state index in [2.05, 4.69) is 37.3 Å². The smallest absolute Gasteiger partial charge is 0.242 e. The first-order chi connectivity index (χ1) is 10.7. The Labute approximate surface area is 146 Å². The van der Waals surface area contributed by atoms with Gasteiger partial charge in [0.25, 0.3) is 0 Å². The quantitative estimate of drug-likeness (QED) is 0.843. The van der Waals surface area contributed by atoms with Crippen LogP contribution in [-0.2, 0) is 10.2 Å². The van der Waals surface area contributed by atoms with E-state index >= 15 is 0 Å². The number of carbonyl (C=O) groups is 1. The molecule has 1 amide bonds. The molecule has 1 fully saturated rings. The Balaban J connectivity index is 1.94. The highest BCUT2D eigenvalue weighted by Gasteiger charge is 2.27. The number of nitriles is 1. The number of amides is 1. The molecule has 8 heteroatoms. The van der Waals surface area contributed by atoms with Crippen molar-refractivity contribution in [2.45, 2.75) is 39.2 Å². The van der Waals surface area contributed by atoms with Gasteiger partial charge in [0.05, 0.1) is 11.4 Å². The fraction of sp³-hybridized carbons (Fsp3) is 0.667. The van der Waals surface area contributed by atoms with Crippen molar-refractivity contribution in [3.63, 3.8) is 0 Å². The molecule has 1 saturated heterocycles. The number of carbonyl (C=O) groups excluding carboxylic acids is 1. The van der Waals surface area contributed by atoms with Crippen molar-refractivity contribution in [1.29, 1.82) is 5.26 Å². The van der Waals surface area contributed by atoms with Crippen molar-refractivity contribution < 1.29 is 4.79 Å². The van der Waals surface area contributed by atoms with Crippen molar-refractivity contribution >= 4 is 34.0 Å². The Bertz CT molecular complexity index is 618. The lowest BCUT2D eigenvalue weighted by Crippen LogP contribution is -2.53. The highest BCUT2D eigenvalue weighted by Crippen LogP contribution is 2.36. The largest absolute Gasteiger partial charge is 0.352 e. The second-order valence-electron chi connectivity index (χ2n) is 6.72. The van der Waals surface area contributed by atoms with Crippen molar-refractivity contribution in [1.82, 2.24) is 14.8 Å². The number of halogens is 1. The topological polar surface area (TPSA) is 72.3 Å². The molecule has 1 atom stereocenters. The van der Waals surface area contributed by atoms with Gasteiger partial charge < -0.3 is 15.1 Å². The molecule has 1 aromatic heterocycles. The zero-order chi connectivity index (χ0) is 17.2. The third-order valence-electron chi connectivity index (χ3n) is 3.75. The SMILES string of the molecule is C[C@@H]1CN(C#N)CCN1C(=O)CNc1nc(Cl)c(C(C)(C)C)s1. The predicted octanol–water partition coefficient (Wildman–Crippen LogP) is 2.52. The van der Waals surface area contributed by atoms with Gasteiger partial charge in [0, 0.05) is 25.7 Å². The van der Waals surface area contributed by atoms with Gasteiger partial charge in [-0.3, -0.25) is 4.79 Å². The van der Waals surface area contributed by atoms with Crippen LogP contribution in [0.4, 0.5) is 5.13 Å². The molecular weight excluding hydrogens is 334 g/mol. The third-order valence-corrected chi connectivity index (χ3v) is 5.57.